The summed E-state index contributed by atoms with van der Waals surface area (Å²) >= 11 is 0. The fourth-order valence-corrected chi connectivity index (χ4v) is 5.31. The second-order valence-corrected chi connectivity index (χ2v) is 8.87. The molecule has 0 amide bonds. The maximum atomic E-state index is 13.2. The molecule has 0 spiro atoms. The first kappa shape index (κ1) is 18.9. The van der Waals surface area contributed by atoms with Crippen LogP contribution in [0.4, 0.5) is 0 Å². The van der Waals surface area contributed by atoms with Crippen molar-refractivity contribution >= 4 is 20.8 Å². The van der Waals surface area contributed by atoms with Crippen molar-refractivity contribution in [3.05, 3.63) is 76.7 Å². The van der Waals surface area contributed by atoms with Crippen molar-refractivity contribution in [2.75, 3.05) is 26.2 Å². The standard InChI is InChI=1S/C21H23N3O3S/c25-21-19-8-4-9-20(28(26,27)24-13-5-11-22-12-15-24)18(19)10-14-23(21)16-17-6-2-1-3-7-17/h1-4,6-10,14,22H,5,11-13,15-16H2. The van der Waals surface area contributed by atoms with Gasteiger partial charge in [-0.25, -0.2) is 8.42 Å². The molecule has 1 fully saturated rings. The van der Waals surface area contributed by atoms with Gasteiger partial charge in [-0.05, 0) is 36.7 Å². The summed E-state index contributed by atoms with van der Waals surface area (Å²) in [6.45, 7) is 2.81. The Balaban J connectivity index is 1.77. The normalized spacial score (nSPS) is 16.1. The van der Waals surface area contributed by atoms with E-state index in [9.17, 15) is 13.2 Å². The lowest BCUT2D eigenvalue weighted by atomic mass is 10.1. The number of pyridine rings is 1. The van der Waals surface area contributed by atoms with Crippen LogP contribution in [-0.4, -0.2) is 43.5 Å². The van der Waals surface area contributed by atoms with Crippen LogP contribution in [-0.2, 0) is 16.6 Å². The minimum absolute atomic E-state index is 0.184. The minimum Gasteiger partial charge on any atom is -0.315 e. The molecule has 0 bridgehead atoms. The molecule has 1 aromatic heterocycles. The van der Waals surface area contributed by atoms with Gasteiger partial charge >= 0.3 is 0 Å². The Bertz CT molecular complexity index is 1130. The van der Waals surface area contributed by atoms with E-state index in [2.05, 4.69) is 5.32 Å². The van der Waals surface area contributed by atoms with Gasteiger partial charge in [0.15, 0.2) is 0 Å². The number of benzene rings is 2. The number of nitrogens with one attached hydrogen (secondary N) is 1. The molecule has 6 nitrogen and oxygen atoms in total. The van der Waals surface area contributed by atoms with E-state index in [1.807, 2.05) is 30.3 Å². The van der Waals surface area contributed by atoms with Crippen molar-refractivity contribution in [1.82, 2.24) is 14.2 Å². The zero-order valence-electron chi connectivity index (χ0n) is 15.5. The SMILES string of the molecule is O=c1c2cccc(S(=O)(=O)N3CCCNCC3)c2ccn1Cc1ccccc1. The number of aromatic nitrogens is 1. The average molecular weight is 398 g/mol. The Morgan fingerprint density at radius 2 is 1.71 bits per heavy atom. The Morgan fingerprint density at radius 1 is 0.893 bits per heavy atom. The van der Waals surface area contributed by atoms with Crippen LogP contribution in [0.3, 0.4) is 0 Å². The molecular formula is C21H23N3O3S. The maximum Gasteiger partial charge on any atom is 0.258 e. The first-order chi connectivity index (χ1) is 13.6. The first-order valence-electron chi connectivity index (χ1n) is 9.44. The van der Waals surface area contributed by atoms with Crippen molar-refractivity contribution in [2.45, 2.75) is 17.9 Å². The third kappa shape index (κ3) is 3.61. The number of hydrogen-bond acceptors (Lipinski definition) is 4. The highest BCUT2D eigenvalue weighted by Gasteiger charge is 2.27. The Morgan fingerprint density at radius 3 is 2.54 bits per heavy atom. The molecule has 4 rings (SSSR count). The van der Waals surface area contributed by atoms with Gasteiger partial charge in [0.05, 0.1) is 11.4 Å². The van der Waals surface area contributed by atoms with Crippen LogP contribution in [0.15, 0.2) is 70.5 Å². The Kier molecular flexibility index (Phi) is 5.30. The molecule has 1 saturated heterocycles. The molecule has 0 atom stereocenters. The number of sulfonamides is 1. The summed E-state index contributed by atoms with van der Waals surface area (Å²) in [7, 11) is -3.66. The van der Waals surface area contributed by atoms with Crippen molar-refractivity contribution in [1.29, 1.82) is 0 Å². The Labute approximate surface area is 164 Å². The molecule has 0 aliphatic carbocycles. The lowest BCUT2D eigenvalue weighted by Crippen LogP contribution is -2.34. The highest BCUT2D eigenvalue weighted by molar-refractivity contribution is 7.89. The van der Waals surface area contributed by atoms with E-state index < -0.39 is 10.0 Å². The van der Waals surface area contributed by atoms with Gasteiger partial charge in [-0.3, -0.25) is 4.79 Å². The van der Waals surface area contributed by atoms with Gasteiger partial charge in [0.1, 0.15) is 0 Å². The van der Waals surface area contributed by atoms with Crippen LogP contribution < -0.4 is 10.9 Å². The molecule has 3 aromatic rings. The summed E-state index contributed by atoms with van der Waals surface area (Å²) in [5.41, 5.74) is 0.834. The summed E-state index contributed by atoms with van der Waals surface area (Å²) in [6, 6.07) is 16.4. The molecule has 1 aliphatic rings. The second-order valence-electron chi connectivity index (χ2n) is 6.96. The van der Waals surface area contributed by atoms with Gasteiger partial charge in [-0.1, -0.05) is 36.4 Å². The number of nitrogens with zero attached hydrogens (tertiary/aromatic N) is 2. The van der Waals surface area contributed by atoms with Crippen LogP contribution in [0.1, 0.15) is 12.0 Å². The summed E-state index contributed by atoms with van der Waals surface area (Å²) in [5.74, 6) is 0. The summed E-state index contributed by atoms with van der Waals surface area (Å²) in [6.07, 6.45) is 2.45. The first-order valence-corrected chi connectivity index (χ1v) is 10.9. The van der Waals surface area contributed by atoms with Crippen LogP contribution in [0.2, 0.25) is 0 Å². The third-order valence-corrected chi connectivity index (χ3v) is 7.05. The van der Waals surface area contributed by atoms with Gasteiger partial charge < -0.3 is 9.88 Å². The van der Waals surface area contributed by atoms with E-state index >= 15 is 0 Å². The van der Waals surface area contributed by atoms with Gasteiger partial charge in [0, 0.05) is 36.6 Å². The van der Waals surface area contributed by atoms with E-state index in [4.69, 9.17) is 0 Å². The predicted octanol–water partition coefficient (Wildman–Crippen LogP) is 2.03. The quantitative estimate of drug-likeness (QED) is 0.731. The average Bonchev–Trinajstić information content (AvgIpc) is 3.01. The molecule has 7 heteroatoms. The lowest BCUT2D eigenvalue weighted by Gasteiger charge is -2.20. The van der Waals surface area contributed by atoms with E-state index in [1.165, 1.54) is 4.31 Å². The van der Waals surface area contributed by atoms with Gasteiger partial charge in [0.2, 0.25) is 10.0 Å². The van der Waals surface area contributed by atoms with Gasteiger partial charge in [-0.15, -0.1) is 0 Å². The second kappa shape index (κ2) is 7.87. The molecule has 146 valence electrons. The van der Waals surface area contributed by atoms with Crippen molar-refractivity contribution in [3.8, 4) is 0 Å². The monoisotopic (exact) mass is 397 g/mol. The van der Waals surface area contributed by atoms with Crippen molar-refractivity contribution in [2.24, 2.45) is 0 Å². The highest BCUT2D eigenvalue weighted by atomic mass is 32.2. The topological polar surface area (TPSA) is 71.4 Å². The summed E-state index contributed by atoms with van der Waals surface area (Å²) in [5, 5.41) is 4.12. The predicted molar refractivity (Wildman–Crippen MR) is 110 cm³/mol. The number of hydrogen-bond donors (Lipinski definition) is 1. The van der Waals surface area contributed by atoms with E-state index in [0.717, 1.165) is 18.5 Å². The highest BCUT2D eigenvalue weighted by Crippen LogP contribution is 2.24. The zero-order valence-corrected chi connectivity index (χ0v) is 16.4. The molecule has 0 saturated carbocycles. The summed E-state index contributed by atoms with van der Waals surface area (Å²) in [4.78, 5) is 13.2. The lowest BCUT2D eigenvalue weighted by molar-refractivity contribution is 0.432. The number of rotatable bonds is 4. The number of fused-ring (bicyclic) bond motifs is 1. The molecule has 2 heterocycles. The molecule has 0 unspecified atom stereocenters. The van der Waals surface area contributed by atoms with Crippen LogP contribution in [0.5, 0.6) is 0 Å². The Hall–Kier alpha value is -2.48. The van der Waals surface area contributed by atoms with Crippen molar-refractivity contribution in [3.63, 3.8) is 0 Å². The minimum atomic E-state index is -3.66. The zero-order chi connectivity index (χ0) is 19.6. The van der Waals surface area contributed by atoms with Crippen LogP contribution in [0.25, 0.3) is 10.8 Å². The van der Waals surface area contributed by atoms with Gasteiger partial charge in [-0.2, -0.15) is 4.31 Å². The van der Waals surface area contributed by atoms with E-state index in [0.29, 0.717) is 37.0 Å². The maximum absolute atomic E-state index is 13.2. The fraction of sp³-hybridized carbons (Fsp3) is 0.286. The largest absolute Gasteiger partial charge is 0.315 e. The molecule has 1 N–H and O–H groups in total. The fourth-order valence-electron chi connectivity index (χ4n) is 3.62. The molecule has 2 aromatic carbocycles. The van der Waals surface area contributed by atoms with E-state index in [-0.39, 0.29) is 10.5 Å². The third-order valence-electron chi connectivity index (χ3n) is 5.09. The smallest absolute Gasteiger partial charge is 0.258 e. The molecule has 28 heavy (non-hydrogen) atoms. The van der Waals surface area contributed by atoms with Gasteiger partial charge in [0.25, 0.3) is 5.56 Å². The summed E-state index contributed by atoms with van der Waals surface area (Å²) < 4.78 is 29.6. The van der Waals surface area contributed by atoms with Crippen molar-refractivity contribution < 1.29 is 8.42 Å². The molecular weight excluding hydrogens is 374 g/mol. The van der Waals surface area contributed by atoms with Crippen LogP contribution >= 0.6 is 0 Å². The van der Waals surface area contributed by atoms with E-state index in [1.54, 1.807) is 35.0 Å². The molecule has 0 radical (unpaired) electrons. The molecule has 1 aliphatic heterocycles. The van der Waals surface area contributed by atoms with Crippen LogP contribution in [0, 0.1) is 0 Å².